The van der Waals surface area contributed by atoms with Crippen LogP contribution in [0.2, 0.25) is 0 Å². The zero-order valence-electron chi connectivity index (χ0n) is 11.3. The number of aromatic hydroxyl groups is 1. The first-order valence-electron chi connectivity index (χ1n) is 6.10. The molecule has 0 saturated heterocycles. The van der Waals surface area contributed by atoms with Gasteiger partial charge in [0.05, 0.1) is 7.11 Å². The first-order chi connectivity index (χ1) is 9.58. The molecule has 0 spiro atoms. The van der Waals surface area contributed by atoms with Crippen LogP contribution >= 0.6 is 0 Å². The largest absolute Gasteiger partial charge is 0.508 e. The van der Waals surface area contributed by atoms with E-state index in [4.69, 9.17) is 4.74 Å². The van der Waals surface area contributed by atoms with Crippen LogP contribution in [0.25, 0.3) is 0 Å². The van der Waals surface area contributed by atoms with Gasteiger partial charge in [-0.2, -0.15) is 0 Å². The predicted molar refractivity (Wildman–Crippen MR) is 78.5 cm³/mol. The number of urea groups is 1. The number of benzene rings is 2. The summed E-state index contributed by atoms with van der Waals surface area (Å²) in [5, 5.41) is 14.9. The Hall–Kier alpha value is -2.69. The summed E-state index contributed by atoms with van der Waals surface area (Å²) in [7, 11) is 1.56. The number of hydrogen-bond donors (Lipinski definition) is 3. The van der Waals surface area contributed by atoms with Gasteiger partial charge in [0.2, 0.25) is 0 Å². The summed E-state index contributed by atoms with van der Waals surface area (Å²) in [4.78, 5) is 11.8. The molecule has 0 saturated carbocycles. The lowest BCUT2D eigenvalue weighted by molar-refractivity contribution is 0.262. The van der Waals surface area contributed by atoms with Crippen LogP contribution in [0.5, 0.6) is 11.5 Å². The van der Waals surface area contributed by atoms with Gasteiger partial charge in [0.15, 0.2) is 0 Å². The van der Waals surface area contributed by atoms with Crippen molar-refractivity contribution in [3.63, 3.8) is 0 Å². The van der Waals surface area contributed by atoms with Crippen molar-refractivity contribution in [3.8, 4) is 11.5 Å². The predicted octanol–water partition coefficient (Wildman–Crippen LogP) is 3.35. The Balaban J connectivity index is 2.03. The van der Waals surface area contributed by atoms with E-state index in [1.807, 2.05) is 0 Å². The lowest BCUT2D eigenvalue weighted by Crippen LogP contribution is -2.19. The molecule has 2 aromatic carbocycles. The van der Waals surface area contributed by atoms with Crippen LogP contribution in [0, 0.1) is 6.92 Å². The van der Waals surface area contributed by atoms with Crippen LogP contribution < -0.4 is 15.4 Å². The molecule has 0 aromatic heterocycles. The van der Waals surface area contributed by atoms with Crippen molar-refractivity contribution in [3.05, 3.63) is 48.0 Å². The summed E-state index contributed by atoms with van der Waals surface area (Å²) in [6, 6.07) is 11.6. The molecule has 0 bridgehead atoms. The monoisotopic (exact) mass is 272 g/mol. The number of phenols is 1. The maximum Gasteiger partial charge on any atom is 0.323 e. The molecule has 3 N–H and O–H groups in total. The fourth-order valence-electron chi connectivity index (χ4n) is 1.68. The van der Waals surface area contributed by atoms with E-state index in [0.29, 0.717) is 17.1 Å². The molecule has 2 aromatic rings. The number of rotatable bonds is 3. The summed E-state index contributed by atoms with van der Waals surface area (Å²) in [6.07, 6.45) is 0. The molecule has 20 heavy (non-hydrogen) atoms. The highest BCUT2D eigenvalue weighted by Crippen LogP contribution is 2.21. The minimum atomic E-state index is -0.387. The smallest absolute Gasteiger partial charge is 0.323 e. The Labute approximate surface area is 117 Å². The van der Waals surface area contributed by atoms with Crippen molar-refractivity contribution in [1.29, 1.82) is 0 Å². The van der Waals surface area contributed by atoms with Crippen LogP contribution in [0.3, 0.4) is 0 Å². The van der Waals surface area contributed by atoms with E-state index in [1.54, 1.807) is 50.4 Å². The van der Waals surface area contributed by atoms with Crippen molar-refractivity contribution in [2.45, 2.75) is 6.92 Å². The van der Waals surface area contributed by atoms with Gasteiger partial charge in [-0.3, -0.25) is 0 Å². The van der Waals surface area contributed by atoms with Gasteiger partial charge in [0, 0.05) is 23.5 Å². The lowest BCUT2D eigenvalue weighted by atomic mass is 10.2. The lowest BCUT2D eigenvalue weighted by Gasteiger charge is -2.09. The zero-order valence-corrected chi connectivity index (χ0v) is 11.3. The van der Waals surface area contributed by atoms with Crippen molar-refractivity contribution in [2.75, 3.05) is 17.7 Å². The molecule has 0 radical (unpaired) electrons. The second kappa shape index (κ2) is 5.97. The third kappa shape index (κ3) is 3.41. The number of nitrogens with one attached hydrogen (secondary N) is 2. The topological polar surface area (TPSA) is 70.6 Å². The van der Waals surface area contributed by atoms with Gasteiger partial charge in [-0.1, -0.05) is 12.1 Å². The van der Waals surface area contributed by atoms with Crippen LogP contribution in [-0.4, -0.2) is 18.2 Å². The molecular weight excluding hydrogens is 256 g/mol. The van der Waals surface area contributed by atoms with Crippen molar-refractivity contribution >= 4 is 17.4 Å². The quantitative estimate of drug-likeness (QED) is 0.802. The first-order valence-corrected chi connectivity index (χ1v) is 6.10. The van der Waals surface area contributed by atoms with Crippen LogP contribution in [0.4, 0.5) is 16.2 Å². The second-order valence-electron chi connectivity index (χ2n) is 4.31. The Morgan fingerprint density at radius 2 is 1.80 bits per heavy atom. The Bertz CT molecular complexity index is 626. The number of amides is 2. The molecule has 0 aliphatic heterocycles. The minimum absolute atomic E-state index is 0.143. The number of ether oxygens (including phenoxy) is 1. The number of aryl methyl sites for hydroxylation is 1. The van der Waals surface area contributed by atoms with Crippen LogP contribution in [0.1, 0.15) is 5.56 Å². The number of carbonyl (C=O) groups excluding carboxylic acids is 1. The van der Waals surface area contributed by atoms with Crippen LogP contribution in [-0.2, 0) is 0 Å². The molecule has 2 rings (SSSR count). The van der Waals surface area contributed by atoms with Gasteiger partial charge in [-0.15, -0.1) is 0 Å². The van der Waals surface area contributed by atoms with Crippen molar-refractivity contribution in [2.24, 2.45) is 0 Å². The number of hydrogen-bond acceptors (Lipinski definition) is 3. The van der Waals surface area contributed by atoms with Gasteiger partial charge < -0.3 is 20.5 Å². The highest BCUT2D eigenvalue weighted by molar-refractivity contribution is 5.99. The Kier molecular flexibility index (Phi) is 4.10. The summed E-state index contributed by atoms with van der Waals surface area (Å²) >= 11 is 0. The van der Waals surface area contributed by atoms with Crippen molar-refractivity contribution in [1.82, 2.24) is 0 Å². The third-order valence-electron chi connectivity index (χ3n) is 2.79. The zero-order chi connectivity index (χ0) is 14.5. The SMILES string of the molecule is COc1cccc(NC(=O)Nc2ccc(C)c(O)c2)c1. The van der Waals surface area contributed by atoms with Gasteiger partial charge in [-0.05, 0) is 30.7 Å². The summed E-state index contributed by atoms with van der Waals surface area (Å²) < 4.78 is 5.08. The first kappa shape index (κ1) is 13.7. The summed E-state index contributed by atoms with van der Waals surface area (Å²) in [6.45, 7) is 1.79. The van der Waals surface area contributed by atoms with E-state index < -0.39 is 0 Å². The van der Waals surface area contributed by atoms with Gasteiger partial charge in [0.1, 0.15) is 11.5 Å². The molecule has 5 heteroatoms. The molecule has 5 nitrogen and oxygen atoms in total. The fourth-order valence-corrected chi connectivity index (χ4v) is 1.68. The minimum Gasteiger partial charge on any atom is -0.508 e. The standard InChI is InChI=1S/C15H16N2O3/c1-10-6-7-12(9-14(10)18)17-15(19)16-11-4-3-5-13(8-11)20-2/h3-9,18H,1-2H3,(H2,16,17,19). The molecule has 0 heterocycles. The average molecular weight is 272 g/mol. The van der Waals surface area contributed by atoms with E-state index in [2.05, 4.69) is 10.6 Å². The van der Waals surface area contributed by atoms with Crippen LogP contribution in [0.15, 0.2) is 42.5 Å². The molecule has 2 amide bonds. The normalized spacial score (nSPS) is 9.90. The molecule has 104 valence electrons. The molecule has 0 aliphatic carbocycles. The Morgan fingerprint density at radius 3 is 2.45 bits per heavy atom. The number of methoxy groups -OCH3 is 1. The molecule has 0 atom stereocenters. The van der Waals surface area contributed by atoms with E-state index in [1.165, 1.54) is 6.07 Å². The van der Waals surface area contributed by atoms with Gasteiger partial charge in [-0.25, -0.2) is 4.79 Å². The second-order valence-corrected chi connectivity index (χ2v) is 4.31. The number of phenolic OH excluding ortho intramolecular Hbond substituents is 1. The summed E-state index contributed by atoms with van der Waals surface area (Å²) in [5.41, 5.74) is 1.90. The average Bonchev–Trinajstić information content (AvgIpc) is 2.43. The van der Waals surface area contributed by atoms with Gasteiger partial charge >= 0.3 is 6.03 Å². The van der Waals surface area contributed by atoms with Gasteiger partial charge in [0.25, 0.3) is 0 Å². The van der Waals surface area contributed by atoms with E-state index in [0.717, 1.165) is 5.56 Å². The third-order valence-corrected chi connectivity index (χ3v) is 2.79. The summed E-state index contributed by atoms with van der Waals surface area (Å²) in [5.74, 6) is 0.806. The fraction of sp³-hybridized carbons (Fsp3) is 0.133. The number of anilines is 2. The molecular formula is C15H16N2O3. The highest BCUT2D eigenvalue weighted by atomic mass is 16.5. The molecule has 0 unspecified atom stereocenters. The highest BCUT2D eigenvalue weighted by Gasteiger charge is 2.05. The van der Waals surface area contributed by atoms with E-state index >= 15 is 0 Å². The Morgan fingerprint density at radius 1 is 1.10 bits per heavy atom. The maximum atomic E-state index is 11.8. The molecule has 0 aliphatic rings. The van der Waals surface area contributed by atoms with E-state index in [9.17, 15) is 9.90 Å². The molecule has 0 fully saturated rings. The van der Waals surface area contributed by atoms with E-state index in [-0.39, 0.29) is 11.8 Å². The van der Waals surface area contributed by atoms with Crippen molar-refractivity contribution < 1.29 is 14.6 Å². The maximum absolute atomic E-state index is 11.8. The number of carbonyl (C=O) groups is 1.